The minimum Gasteiger partial charge on any atom is -0.467 e. The van der Waals surface area contributed by atoms with E-state index < -0.39 is 0 Å². The lowest BCUT2D eigenvalue weighted by Gasteiger charge is -2.25. The Kier molecular flexibility index (Phi) is 5.46. The van der Waals surface area contributed by atoms with Gasteiger partial charge in [0.05, 0.1) is 36.3 Å². The highest BCUT2D eigenvalue weighted by Crippen LogP contribution is 2.28. The van der Waals surface area contributed by atoms with Gasteiger partial charge in [0.15, 0.2) is 5.11 Å². The molecule has 25 heavy (non-hydrogen) atoms. The summed E-state index contributed by atoms with van der Waals surface area (Å²) in [5.74, 6) is 1.64. The van der Waals surface area contributed by atoms with Crippen molar-refractivity contribution in [3.8, 4) is 0 Å². The molecule has 0 saturated carbocycles. The normalized spacial score (nSPS) is 10.7. The number of nitrogens with zero attached hydrogens (tertiary/aromatic N) is 1. The highest BCUT2D eigenvalue weighted by molar-refractivity contribution is 7.80. The summed E-state index contributed by atoms with van der Waals surface area (Å²) in [5.41, 5.74) is 2.98. The first-order valence-electron chi connectivity index (χ1n) is 7.90. The number of furan rings is 2. The van der Waals surface area contributed by atoms with E-state index in [2.05, 4.69) is 11.4 Å². The third-order valence-electron chi connectivity index (χ3n) is 3.80. The number of anilines is 1. The Morgan fingerprint density at radius 1 is 1.08 bits per heavy atom. The number of thiocarbonyl (C=S) groups is 1. The number of benzene rings is 1. The van der Waals surface area contributed by atoms with Gasteiger partial charge in [0, 0.05) is 0 Å². The molecule has 0 bridgehead atoms. The Balaban J connectivity index is 1.81. The van der Waals surface area contributed by atoms with Gasteiger partial charge in [0.2, 0.25) is 0 Å². The topological polar surface area (TPSA) is 41.5 Å². The molecule has 0 radical (unpaired) electrons. The van der Waals surface area contributed by atoms with Crippen LogP contribution in [0.5, 0.6) is 0 Å². The number of nitrogens with one attached hydrogen (secondary N) is 1. The van der Waals surface area contributed by atoms with Gasteiger partial charge in [-0.05, 0) is 67.5 Å². The molecule has 2 aromatic heterocycles. The lowest BCUT2D eigenvalue weighted by molar-refractivity contribution is 0.329. The lowest BCUT2D eigenvalue weighted by Crippen LogP contribution is -2.33. The van der Waals surface area contributed by atoms with Gasteiger partial charge in [-0.3, -0.25) is 0 Å². The van der Waals surface area contributed by atoms with E-state index in [1.165, 1.54) is 0 Å². The van der Waals surface area contributed by atoms with Crippen LogP contribution in [0, 0.1) is 13.8 Å². The van der Waals surface area contributed by atoms with Crippen molar-refractivity contribution in [2.24, 2.45) is 0 Å². The second-order valence-corrected chi connectivity index (χ2v) is 6.68. The van der Waals surface area contributed by atoms with Crippen LogP contribution in [-0.4, -0.2) is 10.0 Å². The second kappa shape index (κ2) is 7.76. The average Bonchev–Trinajstić information content (AvgIpc) is 3.23. The van der Waals surface area contributed by atoms with Gasteiger partial charge >= 0.3 is 0 Å². The minimum atomic E-state index is 0.530. The summed E-state index contributed by atoms with van der Waals surface area (Å²) in [6.45, 7) is 5.08. The van der Waals surface area contributed by atoms with Crippen molar-refractivity contribution in [2.45, 2.75) is 26.9 Å². The lowest BCUT2D eigenvalue weighted by atomic mass is 10.1. The van der Waals surface area contributed by atoms with E-state index in [1.54, 1.807) is 12.5 Å². The SMILES string of the molecule is Cc1cc(C)c(NC(=S)N(Cc2ccco2)Cc2ccco2)c(Cl)c1. The third-order valence-corrected chi connectivity index (χ3v) is 4.46. The molecule has 2 heterocycles. The molecule has 3 aromatic rings. The maximum atomic E-state index is 6.39. The summed E-state index contributed by atoms with van der Waals surface area (Å²) in [6.07, 6.45) is 3.30. The Labute approximate surface area is 157 Å². The summed E-state index contributed by atoms with van der Waals surface area (Å²) in [4.78, 5) is 1.97. The monoisotopic (exact) mass is 374 g/mol. The second-order valence-electron chi connectivity index (χ2n) is 5.88. The third kappa shape index (κ3) is 4.44. The zero-order chi connectivity index (χ0) is 17.8. The number of halogens is 1. The average molecular weight is 375 g/mol. The summed E-state index contributed by atoms with van der Waals surface area (Å²) < 4.78 is 10.9. The number of aryl methyl sites for hydroxylation is 2. The smallest absolute Gasteiger partial charge is 0.174 e. The van der Waals surface area contributed by atoms with Crippen molar-refractivity contribution < 1.29 is 8.83 Å². The highest BCUT2D eigenvalue weighted by Gasteiger charge is 2.16. The predicted molar refractivity (Wildman–Crippen MR) is 104 cm³/mol. The van der Waals surface area contributed by atoms with Crippen molar-refractivity contribution in [1.29, 1.82) is 0 Å². The summed E-state index contributed by atoms with van der Waals surface area (Å²) in [6, 6.07) is 11.5. The molecule has 3 rings (SSSR count). The Morgan fingerprint density at radius 3 is 2.16 bits per heavy atom. The summed E-state index contributed by atoms with van der Waals surface area (Å²) >= 11 is 12.0. The van der Waals surface area contributed by atoms with Gasteiger partial charge < -0.3 is 19.1 Å². The van der Waals surface area contributed by atoms with Crippen molar-refractivity contribution in [2.75, 3.05) is 5.32 Å². The molecule has 1 N–H and O–H groups in total. The van der Waals surface area contributed by atoms with Crippen molar-refractivity contribution >= 4 is 34.6 Å². The maximum Gasteiger partial charge on any atom is 0.174 e. The Bertz CT molecular complexity index is 785. The number of hydrogen-bond acceptors (Lipinski definition) is 3. The predicted octanol–water partition coefficient (Wildman–Crippen LogP) is 5.54. The summed E-state index contributed by atoms with van der Waals surface area (Å²) in [5, 5.41) is 4.48. The molecular formula is C19H19ClN2O2S. The van der Waals surface area contributed by atoms with Crippen molar-refractivity contribution in [1.82, 2.24) is 4.90 Å². The molecule has 0 atom stereocenters. The molecule has 6 heteroatoms. The molecule has 0 aliphatic rings. The van der Waals surface area contributed by atoms with Crippen LogP contribution in [-0.2, 0) is 13.1 Å². The zero-order valence-electron chi connectivity index (χ0n) is 14.1. The van der Waals surface area contributed by atoms with Gasteiger partial charge in [0.1, 0.15) is 11.5 Å². The van der Waals surface area contributed by atoms with E-state index >= 15 is 0 Å². The van der Waals surface area contributed by atoms with E-state index in [9.17, 15) is 0 Å². The molecule has 0 unspecified atom stereocenters. The molecular weight excluding hydrogens is 356 g/mol. The summed E-state index contributed by atoms with van der Waals surface area (Å²) in [7, 11) is 0. The Hall–Kier alpha value is -2.24. The molecule has 0 aliphatic carbocycles. The van der Waals surface area contributed by atoms with Crippen LogP contribution in [0.1, 0.15) is 22.6 Å². The fourth-order valence-electron chi connectivity index (χ4n) is 2.64. The van der Waals surface area contributed by atoms with Gasteiger partial charge in [-0.25, -0.2) is 0 Å². The standard InChI is InChI=1S/C19H19ClN2O2S/c1-13-9-14(2)18(17(20)10-13)21-19(25)22(11-15-5-3-7-23-15)12-16-6-4-8-24-16/h3-10H,11-12H2,1-2H3,(H,21,25). The largest absolute Gasteiger partial charge is 0.467 e. The molecule has 0 fully saturated rings. The van der Waals surface area contributed by atoms with Crippen LogP contribution in [0.4, 0.5) is 5.69 Å². The molecule has 0 aliphatic heterocycles. The van der Waals surface area contributed by atoms with Crippen LogP contribution < -0.4 is 5.32 Å². The molecule has 0 amide bonds. The fourth-order valence-corrected chi connectivity index (χ4v) is 3.24. The van der Waals surface area contributed by atoms with Gasteiger partial charge in [-0.2, -0.15) is 0 Å². The molecule has 4 nitrogen and oxygen atoms in total. The minimum absolute atomic E-state index is 0.530. The van der Waals surface area contributed by atoms with Crippen LogP contribution in [0.25, 0.3) is 0 Å². The Morgan fingerprint density at radius 2 is 1.68 bits per heavy atom. The number of rotatable bonds is 5. The van der Waals surface area contributed by atoms with E-state index in [-0.39, 0.29) is 0 Å². The van der Waals surface area contributed by atoms with Gasteiger partial charge in [0.25, 0.3) is 0 Å². The molecule has 0 saturated heterocycles. The van der Waals surface area contributed by atoms with E-state index in [0.717, 1.165) is 28.3 Å². The van der Waals surface area contributed by atoms with Crippen LogP contribution in [0.2, 0.25) is 5.02 Å². The first-order valence-corrected chi connectivity index (χ1v) is 8.69. The first kappa shape index (κ1) is 17.6. The fraction of sp³-hybridized carbons (Fsp3) is 0.211. The van der Waals surface area contributed by atoms with Crippen molar-refractivity contribution in [3.63, 3.8) is 0 Å². The van der Waals surface area contributed by atoms with E-state index in [4.69, 9.17) is 32.7 Å². The van der Waals surface area contributed by atoms with Crippen molar-refractivity contribution in [3.05, 3.63) is 76.6 Å². The molecule has 1 aromatic carbocycles. The first-order chi connectivity index (χ1) is 12.0. The van der Waals surface area contributed by atoms with Gasteiger partial charge in [-0.1, -0.05) is 17.7 Å². The van der Waals surface area contributed by atoms with E-state index in [1.807, 2.05) is 49.1 Å². The zero-order valence-corrected chi connectivity index (χ0v) is 15.7. The molecule has 0 spiro atoms. The van der Waals surface area contributed by atoms with Crippen LogP contribution in [0.3, 0.4) is 0 Å². The molecule has 130 valence electrons. The number of hydrogen-bond donors (Lipinski definition) is 1. The van der Waals surface area contributed by atoms with Crippen LogP contribution >= 0.6 is 23.8 Å². The quantitative estimate of drug-likeness (QED) is 0.593. The van der Waals surface area contributed by atoms with E-state index in [0.29, 0.717) is 23.2 Å². The highest BCUT2D eigenvalue weighted by atomic mass is 35.5. The van der Waals surface area contributed by atoms with Gasteiger partial charge in [-0.15, -0.1) is 0 Å². The maximum absolute atomic E-state index is 6.39. The van der Waals surface area contributed by atoms with Crippen LogP contribution in [0.15, 0.2) is 57.8 Å².